The highest BCUT2D eigenvalue weighted by molar-refractivity contribution is 5.86. The van der Waals surface area contributed by atoms with Gasteiger partial charge in [0.15, 0.2) is 0 Å². The van der Waals surface area contributed by atoms with Gasteiger partial charge in [-0.25, -0.2) is 4.98 Å². The number of rotatable bonds is 2. The van der Waals surface area contributed by atoms with Crippen molar-refractivity contribution in [2.24, 2.45) is 0 Å². The number of hydrogen-bond acceptors (Lipinski definition) is 3. The Morgan fingerprint density at radius 1 is 1.07 bits per heavy atom. The van der Waals surface area contributed by atoms with E-state index in [1.165, 1.54) is 6.07 Å². The van der Waals surface area contributed by atoms with Crippen LogP contribution in [0.2, 0.25) is 0 Å². The van der Waals surface area contributed by atoms with Crippen LogP contribution in [0.1, 0.15) is 42.2 Å². The fraction of sp³-hybridized carbons (Fsp3) is 0.471. The highest BCUT2D eigenvalue weighted by Crippen LogP contribution is 2.39. The summed E-state index contributed by atoms with van der Waals surface area (Å²) in [7, 11) is 0. The standard InChI is InChI=1S/C17H16F6N2O.ClH/c18-16(19,20)11-5-3-4-9-10(15(26)12-6-1-2-7-24-12)8-13(17(21,22)23)25-14(9)11;/h3-5,8,12,15,24,26H,1-2,6-7H2;1H/t12-,15-;/m0./s1. The van der Waals surface area contributed by atoms with Crippen molar-refractivity contribution in [1.82, 2.24) is 10.3 Å². The number of nitrogens with zero attached hydrogens (tertiary/aromatic N) is 1. The van der Waals surface area contributed by atoms with Crippen LogP contribution in [0.3, 0.4) is 0 Å². The number of aliphatic hydroxyl groups excluding tert-OH is 1. The van der Waals surface area contributed by atoms with E-state index in [9.17, 15) is 31.4 Å². The number of hydrogen-bond donors (Lipinski definition) is 2. The first kappa shape index (κ1) is 21.7. The van der Waals surface area contributed by atoms with Gasteiger partial charge in [-0.1, -0.05) is 18.6 Å². The molecule has 1 aromatic carbocycles. The van der Waals surface area contributed by atoms with Crippen LogP contribution in [0.25, 0.3) is 10.9 Å². The summed E-state index contributed by atoms with van der Waals surface area (Å²) in [6, 6.07) is 3.16. The van der Waals surface area contributed by atoms with Gasteiger partial charge in [0.1, 0.15) is 5.69 Å². The maximum atomic E-state index is 13.2. The minimum absolute atomic E-state index is 0. The lowest BCUT2D eigenvalue weighted by Crippen LogP contribution is -2.39. The molecule has 1 aliphatic heterocycles. The molecule has 1 aliphatic rings. The number of aromatic nitrogens is 1. The summed E-state index contributed by atoms with van der Waals surface area (Å²) < 4.78 is 79.3. The number of nitrogens with one attached hydrogen (secondary N) is 1. The molecule has 1 fully saturated rings. The molecular formula is C17H17ClF6N2O. The number of piperidine rings is 1. The Bertz CT molecular complexity index is 802. The van der Waals surface area contributed by atoms with Crippen LogP contribution in [0, 0.1) is 0 Å². The summed E-state index contributed by atoms with van der Waals surface area (Å²) in [6.45, 7) is 0.588. The van der Waals surface area contributed by atoms with Crippen molar-refractivity contribution in [2.45, 2.75) is 43.8 Å². The van der Waals surface area contributed by atoms with E-state index in [2.05, 4.69) is 10.3 Å². The minimum Gasteiger partial charge on any atom is -0.387 e. The largest absolute Gasteiger partial charge is 0.433 e. The second-order valence-electron chi connectivity index (χ2n) is 6.30. The van der Waals surface area contributed by atoms with E-state index < -0.39 is 41.3 Å². The number of para-hydroxylation sites is 1. The number of benzene rings is 1. The summed E-state index contributed by atoms with van der Waals surface area (Å²) in [5.74, 6) is 0. The molecule has 0 aliphatic carbocycles. The molecule has 2 N–H and O–H groups in total. The normalized spacial score (nSPS) is 19.6. The van der Waals surface area contributed by atoms with Crippen molar-refractivity contribution in [1.29, 1.82) is 0 Å². The van der Waals surface area contributed by atoms with Crippen LogP contribution in [0.5, 0.6) is 0 Å². The van der Waals surface area contributed by atoms with Crippen molar-refractivity contribution in [3.05, 3.63) is 41.1 Å². The lowest BCUT2D eigenvalue weighted by molar-refractivity contribution is -0.142. The minimum atomic E-state index is -4.93. The molecule has 0 radical (unpaired) electrons. The molecule has 2 aromatic rings. The topological polar surface area (TPSA) is 45.2 Å². The zero-order valence-electron chi connectivity index (χ0n) is 13.9. The fourth-order valence-corrected chi connectivity index (χ4v) is 3.26. The Balaban J connectivity index is 0.00000261. The SMILES string of the molecule is Cl.O[C@@H](c1cc(C(F)(F)F)nc2c(C(F)(F)F)cccc12)[C@@H]1CCCCN1. The van der Waals surface area contributed by atoms with Crippen molar-refractivity contribution in [3.63, 3.8) is 0 Å². The van der Waals surface area contributed by atoms with Crippen LogP contribution < -0.4 is 5.32 Å². The first-order valence-corrected chi connectivity index (χ1v) is 8.08. The van der Waals surface area contributed by atoms with E-state index in [1.807, 2.05) is 0 Å². The third-order valence-corrected chi connectivity index (χ3v) is 4.52. The first-order chi connectivity index (χ1) is 12.1. The van der Waals surface area contributed by atoms with E-state index in [1.54, 1.807) is 0 Å². The Kier molecular flexibility index (Phi) is 6.28. The maximum Gasteiger partial charge on any atom is 0.433 e. The van der Waals surface area contributed by atoms with Gasteiger partial charge in [0.05, 0.1) is 17.2 Å². The molecule has 0 bridgehead atoms. The number of alkyl halides is 6. The Morgan fingerprint density at radius 2 is 1.78 bits per heavy atom. The van der Waals surface area contributed by atoms with Gasteiger partial charge in [-0.2, -0.15) is 26.3 Å². The second-order valence-corrected chi connectivity index (χ2v) is 6.30. The fourth-order valence-electron chi connectivity index (χ4n) is 3.26. The summed E-state index contributed by atoms with van der Waals surface area (Å²) >= 11 is 0. The lowest BCUT2D eigenvalue weighted by atomic mass is 9.91. The van der Waals surface area contributed by atoms with Crippen LogP contribution in [0.15, 0.2) is 24.3 Å². The Hall–Kier alpha value is -1.58. The van der Waals surface area contributed by atoms with Crippen molar-refractivity contribution in [2.75, 3.05) is 6.54 Å². The van der Waals surface area contributed by atoms with Crippen molar-refractivity contribution >= 4 is 23.3 Å². The molecule has 3 rings (SSSR count). The molecule has 10 heteroatoms. The molecule has 1 saturated heterocycles. The van der Waals surface area contributed by atoms with Gasteiger partial charge < -0.3 is 10.4 Å². The van der Waals surface area contributed by atoms with Gasteiger partial charge >= 0.3 is 12.4 Å². The van der Waals surface area contributed by atoms with E-state index in [0.29, 0.717) is 25.1 Å². The van der Waals surface area contributed by atoms with Gasteiger partial charge in [0, 0.05) is 11.4 Å². The number of aliphatic hydroxyl groups is 1. The molecule has 0 saturated carbocycles. The van der Waals surface area contributed by atoms with Crippen molar-refractivity contribution < 1.29 is 31.4 Å². The van der Waals surface area contributed by atoms with E-state index in [0.717, 1.165) is 18.9 Å². The predicted octanol–water partition coefficient (Wildman–Crippen LogP) is 4.87. The smallest absolute Gasteiger partial charge is 0.387 e. The zero-order valence-corrected chi connectivity index (χ0v) is 14.7. The summed E-state index contributed by atoms with van der Waals surface area (Å²) in [6.07, 6.45) is -9.00. The van der Waals surface area contributed by atoms with Gasteiger partial charge in [-0.3, -0.25) is 0 Å². The molecule has 27 heavy (non-hydrogen) atoms. The molecule has 1 aromatic heterocycles. The van der Waals surface area contributed by atoms with E-state index >= 15 is 0 Å². The average Bonchev–Trinajstić information content (AvgIpc) is 2.58. The summed E-state index contributed by atoms with van der Waals surface area (Å²) in [4.78, 5) is 3.22. The molecule has 0 amide bonds. The monoisotopic (exact) mass is 414 g/mol. The van der Waals surface area contributed by atoms with Crippen LogP contribution in [0.4, 0.5) is 26.3 Å². The number of pyridine rings is 1. The van der Waals surface area contributed by atoms with Crippen molar-refractivity contribution in [3.8, 4) is 0 Å². The molecular weight excluding hydrogens is 398 g/mol. The molecule has 0 unspecified atom stereocenters. The van der Waals surface area contributed by atoms with Crippen LogP contribution >= 0.6 is 12.4 Å². The summed E-state index contributed by atoms with van der Waals surface area (Å²) in [5.41, 5.74) is -3.72. The van der Waals surface area contributed by atoms with Gasteiger partial charge in [0.25, 0.3) is 0 Å². The van der Waals surface area contributed by atoms with E-state index in [4.69, 9.17) is 0 Å². The van der Waals surface area contributed by atoms with Crippen LogP contribution in [-0.2, 0) is 12.4 Å². The van der Waals surface area contributed by atoms with Gasteiger partial charge in [-0.15, -0.1) is 12.4 Å². The quantitative estimate of drug-likeness (QED) is 0.689. The lowest BCUT2D eigenvalue weighted by Gasteiger charge is -2.29. The van der Waals surface area contributed by atoms with Gasteiger partial charge in [0.2, 0.25) is 0 Å². The first-order valence-electron chi connectivity index (χ1n) is 8.08. The molecule has 0 spiro atoms. The predicted molar refractivity (Wildman–Crippen MR) is 89.6 cm³/mol. The Labute approximate surface area is 157 Å². The highest BCUT2D eigenvalue weighted by atomic mass is 35.5. The van der Waals surface area contributed by atoms with E-state index in [-0.39, 0.29) is 23.4 Å². The zero-order chi connectivity index (χ0) is 19.1. The second kappa shape index (κ2) is 7.81. The average molecular weight is 415 g/mol. The Morgan fingerprint density at radius 3 is 2.33 bits per heavy atom. The third-order valence-electron chi connectivity index (χ3n) is 4.52. The van der Waals surface area contributed by atoms with Gasteiger partial charge in [-0.05, 0) is 37.1 Å². The third kappa shape index (κ3) is 4.47. The molecule has 2 heterocycles. The molecule has 150 valence electrons. The number of fused-ring (bicyclic) bond motifs is 1. The molecule has 2 atom stereocenters. The number of halogens is 7. The van der Waals surface area contributed by atoms with Crippen LogP contribution in [-0.4, -0.2) is 22.7 Å². The molecule has 3 nitrogen and oxygen atoms in total. The maximum absolute atomic E-state index is 13.2. The highest BCUT2D eigenvalue weighted by Gasteiger charge is 2.38. The summed E-state index contributed by atoms with van der Waals surface area (Å²) in [5, 5.41) is 13.5.